The molecule has 2 amide bonds. The predicted octanol–water partition coefficient (Wildman–Crippen LogP) is 6.16. The summed E-state index contributed by atoms with van der Waals surface area (Å²) in [6, 6.07) is 16.2. The van der Waals surface area contributed by atoms with Crippen LogP contribution in [-0.2, 0) is 26.2 Å². The van der Waals surface area contributed by atoms with Gasteiger partial charge in [0.2, 0.25) is 11.8 Å². The molecule has 0 radical (unpaired) electrons. The van der Waals surface area contributed by atoms with Gasteiger partial charge in [-0.1, -0.05) is 72.8 Å². The van der Waals surface area contributed by atoms with Gasteiger partial charge in [0.05, 0.1) is 10.6 Å². The Kier molecular flexibility index (Phi) is 10.3. The van der Waals surface area contributed by atoms with Crippen molar-refractivity contribution in [2.45, 2.75) is 76.4 Å². The molecular formula is C32H37ClFN3O4S. The lowest BCUT2D eigenvalue weighted by Gasteiger charge is -2.33. The van der Waals surface area contributed by atoms with Gasteiger partial charge in [-0.2, -0.15) is 0 Å². The van der Waals surface area contributed by atoms with E-state index >= 15 is 0 Å². The third kappa shape index (κ3) is 7.31. The standard InChI is InChI=1S/C32H37ClFN3O4S/c1-22-16-18-27(19-17-22)42(40,41)37(30-15-9-13-28(33)23(30)2)21-31(38)36(20-25-10-7-8-14-29(25)34)24(3)32(39)35-26-11-5-4-6-12-26/h7-10,13-19,24,26H,4-6,11-12,20-21H2,1-3H3,(H,35,39)/t24-/m1/s1. The van der Waals surface area contributed by atoms with Crippen molar-refractivity contribution in [3.63, 3.8) is 0 Å². The summed E-state index contributed by atoms with van der Waals surface area (Å²) < 4.78 is 43.8. The summed E-state index contributed by atoms with van der Waals surface area (Å²) in [6.45, 7) is 4.28. The molecule has 1 saturated carbocycles. The molecule has 10 heteroatoms. The molecule has 3 aromatic carbocycles. The first kappa shape index (κ1) is 31.5. The number of nitrogens with zero attached hydrogens (tertiary/aromatic N) is 2. The lowest BCUT2D eigenvalue weighted by molar-refractivity contribution is -0.139. The van der Waals surface area contributed by atoms with Crippen molar-refractivity contribution in [1.29, 1.82) is 0 Å². The molecule has 7 nitrogen and oxygen atoms in total. The molecule has 0 aliphatic heterocycles. The number of sulfonamides is 1. The number of rotatable bonds is 10. The van der Waals surface area contributed by atoms with Crippen molar-refractivity contribution in [1.82, 2.24) is 10.2 Å². The lowest BCUT2D eigenvalue weighted by Crippen LogP contribution is -2.53. The summed E-state index contributed by atoms with van der Waals surface area (Å²) in [6.07, 6.45) is 4.87. The fraction of sp³-hybridized carbons (Fsp3) is 0.375. The van der Waals surface area contributed by atoms with Crippen LogP contribution in [0.25, 0.3) is 0 Å². The minimum absolute atomic E-state index is 0.00372. The molecule has 3 aromatic rings. The minimum Gasteiger partial charge on any atom is -0.352 e. The topological polar surface area (TPSA) is 86.8 Å². The smallest absolute Gasteiger partial charge is 0.264 e. The van der Waals surface area contributed by atoms with E-state index in [9.17, 15) is 22.4 Å². The molecule has 1 aliphatic rings. The second-order valence-electron chi connectivity index (χ2n) is 10.8. The SMILES string of the molecule is Cc1ccc(S(=O)(=O)N(CC(=O)N(Cc2ccccc2F)[C@H](C)C(=O)NC2CCCCC2)c2cccc(Cl)c2C)cc1. The Bertz CT molecular complexity index is 1520. The molecule has 1 atom stereocenters. The molecule has 0 unspecified atom stereocenters. The van der Waals surface area contributed by atoms with E-state index in [1.54, 1.807) is 62.4 Å². The van der Waals surface area contributed by atoms with E-state index in [1.165, 1.54) is 23.1 Å². The summed E-state index contributed by atoms with van der Waals surface area (Å²) >= 11 is 6.37. The number of anilines is 1. The molecule has 42 heavy (non-hydrogen) atoms. The molecule has 1 N–H and O–H groups in total. The third-order valence-corrected chi connectivity index (χ3v) is 10.00. The lowest BCUT2D eigenvalue weighted by atomic mass is 9.95. The Morgan fingerprint density at radius 3 is 2.31 bits per heavy atom. The van der Waals surface area contributed by atoms with Gasteiger partial charge >= 0.3 is 0 Å². The van der Waals surface area contributed by atoms with Crippen molar-refractivity contribution < 1.29 is 22.4 Å². The minimum atomic E-state index is -4.24. The van der Waals surface area contributed by atoms with E-state index in [2.05, 4.69) is 5.32 Å². The predicted molar refractivity (Wildman–Crippen MR) is 163 cm³/mol. The number of aryl methyl sites for hydroxylation is 1. The summed E-state index contributed by atoms with van der Waals surface area (Å²) in [7, 11) is -4.24. The maximum absolute atomic E-state index is 14.8. The monoisotopic (exact) mass is 613 g/mol. The number of amides is 2. The highest BCUT2D eigenvalue weighted by Crippen LogP contribution is 2.31. The maximum Gasteiger partial charge on any atom is 0.264 e. The Hall–Kier alpha value is -3.43. The van der Waals surface area contributed by atoms with E-state index < -0.39 is 34.3 Å². The highest BCUT2D eigenvalue weighted by atomic mass is 35.5. The quantitative estimate of drug-likeness (QED) is 0.297. The van der Waals surface area contributed by atoms with Gasteiger partial charge in [-0.15, -0.1) is 0 Å². The number of hydrogen-bond donors (Lipinski definition) is 1. The first-order valence-electron chi connectivity index (χ1n) is 14.2. The van der Waals surface area contributed by atoms with Crippen molar-refractivity contribution in [2.75, 3.05) is 10.8 Å². The number of benzene rings is 3. The first-order chi connectivity index (χ1) is 20.0. The zero-order valence-corrected chi connectivity index (χ0v) is 25.7. The van der Waals surface area contributed by atoms with E-state index in [4.69, 9.17) is 11.6 Å². The highest BCUT2D eigenvalue weighted by molar-refractivity contribution is 7.92. The molecule has 0 bridgehead atoms. The normalized spacial score (nSPS) is 14.7. The zero-order valence-electron chi connectivity index (χ0n) is 24.1. The van der Waals surface area contributed by atoms with Crippen LogP contribution < -0.4 is 9.62 Å². The summed E-state index contributed by atoms with van der Waals surface area (Å²) in [4.78, 5) is 28.7. The van der Waals surface area contributed by atoms with Crippen molar-refractivity contribution >= 4 is 39.1 Å². The molecule has 0 spiro atoms. The number of nitrogens with one attached hydrogen (secondary N) is 1. The fourth-order valence-corrected chi connectivity index (χ4v) is 6.82. The first-order valence-corrected chi connectivity index (χ1v) is 16.0. The van der Waals surface area contributed by atoms with E-state index in [0.29, 0.717) is 10.6 Å². The van der Waals surface area contributed by atoms with Gasteiger partial charge in [0.15, 0.2) is 0 Å². The van der Waals surface area contributed by atoms with E-state index in [0.717, 1.165) is 42.0 Å². The fourth-order valence-electron chi connectivity index (χ4n) is 5.18. The molecule has 0 heterocycles. The highest BCUT2D eigenvalue weighted by Gasteiger charge is 2.34. The molecule has 1 aliphatic carbocycles. The van der Waals surface area contributed by atoms with Gasteiger partial charge in [0.1, 0.15) is 18.4 Å². The van der Waals surface area contributed by atoms with E-state index in [-0.39, 0.29) is 34.6 Å². The van der Waals surface area contributed by atoms with Crippen LogP contribution in [0.5, 0.6) is 0 Å². The second-order valence-corrected chi connectivity index (χ2v) is 13.1. The number of halogens is 2. The van der Waals surface area contributed by atoms with Gasteiger partial charge in [0, 0.05) is 23.2 Å². The van der Waals surface area contributed by atoms with E-state index in [1.807, 2.05) is 6.92 Å². The molecule has 4 rings (SSSR count). The van der Waals surface area contributed by atoms with Crippen LogP contribution in [0.4, 0.5) is 10.1 Å². The maximum atomic E-state index is 14.8. The van der Waals surface area contributed by atoms with Crippen molar-refractivity contribution in [3.8, 4) is 0 Å². The summed E-state index contributed by atoms with van der Waals surface area (Å²) in [5.74, 6) is -1.54. The average Bonchev–Trinajstić information content (AvgIpc) is 2.97. The Morgan fingerprint density at radius 2 is 1.64 bits per heavy atom. The van der Waals surface area contributed by atoms with Gasteiger partial charge in [0.25, 0.3) is 10.0 Å². The van der Waals surface area contributed by atoms with Crippen LogP contribution in [0.3, 0.4) is 0 Å². The van der Waals surface area contributed by atoms with Gasteiger partial charge in [-0.3, -0.25) is 13.9 Å². The summed E-state index contributed by atoms with van der Waals surface area (Å²) in [5, 5.41) is 3.38. The number of carbonyl (C=O) groups is 2. The molecule has 1 fully saturated rings. The van der Waals surface area contributed by atoms with Crippen LogP contribution in [0.1, 0.15) is 55.7 Å². The van der Waals surface area contributed by atoms with Crippen molar-refractivity contribution in [2.24, 2.45) is 0 Å². The Labute approximate surface area is 252 Å². The van der Waals surface area contributed by atoms with Crippen molar-refractivity contribution in [3.05, 3.63) is 94.3 Å². The molecule has 0 aromatic heterocycles. The summed E-state index contributed by atoms with van der Waals surface area (Å²) in [5.41, 5.74) is 1.81. The molecule has 224 valence electrons. The largest absolute Gasteiger partial charge is 0.352 e. The Morgan fingerprint density at radius 1 is 0.976 bits per heavy atom. The zero-order chi connectivity index (χ0) is 30.4. The number of carbonyl (C=O) groups excluding carboxylic acids is 2. The van der Waals surface area contributed by atoms with Crippen LogP contribution in [0.15, 0.2) is 71.6 Å². The third-order valence-electron chi connectivity index (χ3n) is 7.81. The van der Waals surface area contributed by atoms with Crippen LogP contribution in [0.2, 0.25) is 5.02 Å². The molecular weight excluding hydrogens is 577 g/mol. The van der Waals surface area contributed by atoms with Crippen LogP contribution in [-0.4, -0.2) is 43.8 Å². The average molecular weight is 614 g/mol. The van der Waals surface area contributed by atoms with Gasteiger partial charge < -0.3 is 10.2 Å². The second kappa shape index (κ2) is 13.7. The van der Waals surface area contributed by atoms with Crippen LogP contribution >= 0.6 is 11.6 Å². The van der Waals surface area contributed by atoms with Crippen LogP contribution in [0, 0.1) is 19.7 Å². The molecule has 0 saturated heterocycles. The number of hydrogen-bond acceptors (Lipinski definition) is 4. The van der Waals surface area contributed by atoms with Gasteiger partial charge in [-0.25, -0.2) is 12.8 Å². The Balaban J connectivity index is 1.72. The van der Waals surface area contributed by atoms with Gasteiger partial charge in [-0.05, 0) is 69.5 Å².